The Morgan fingerprint density at radius 2 is 1.59 bits per heavy atom. The number of amides is 2. The second-order valence-corrected chi connectivity index (χ2v) is 9.12. The zero-order chi connectivity index (χ0) is 24.3. The summed E-state index contributed by atoms with van der Waals surface area (Å²) in [6.07, 6.45) is 0.419. The molecule has 0 aliphatic rings. The minimum Gasteiger partial charge on any atom is -0.355 e. The van der Waals surface area contributed by atoms with E-state index >= 15 is 0 Å². The van der Waals surface area contributed by atoms with Crippen molar-refractivity contribution < 1.29 is 14.0 Å². The maximum Gasteiger partial charge on any atom is 0.243 e. The predicted octanol–water partition coefficient (Wildman–Crippen LogP) is 5.14. The quantitative estimate of drug-likeness (QED) is 0.415. The molecule has 0 aromatic heterocycles. The van der Waals surface area contributed by atoms with E-state index in [4.69, 9.17) is 0 Å². The number of halogens is 1. The van der Waals surface area contributed by atoms with Gasteiger partial charge in [-0.2, -0.15) is 0 Å². The number of thioether (sulfide) groups is 1. The van der Waals surface area contributed by atoms with Crippen molar-refractivity contribution in [2.45, 2.75) is 38.6 Å². The maximum absolute atomic E-state index is 14.0. The second-order valence-electron chi connectivity index (χ2n) is 8.13. The van der Waals surface area contributed by atoms with Crippen LogP contribution in [0.15, 0.2) is 78.9 Å². The van der Waals surface area contributed by atoms with Gasteiger partial charge in [0.1, 0.15) is 11.9 Å². The second kappa shape index (κ2) is 12.9. The predicted molar refractivity (Wildman–Crippen MR) is 137 cm³/mol. The highest BCUT2D eigenvalue weighted by Gasteiger charge is 2.30. The monoisotopic (exact) mass is 478 g/mol. The van der Waals surface area contributed by atoms with Crippen molar-refractivity contribution in [1.29, 1.82) is 0 Å². The number of hydrogen-bond acceptors (Lipinski definition) is 3. The summed E-state index contributed by atoms with van der Waals surface area (Å²) in [6, 6.07) is 23.6. The highest BCUT2D eigenvalue weighted by molar-refractivity contribution is 7.99. The summed E-state index contributed by atoms with van der Waals surface area (Å²) in [7, 11) is 0. The molecule has 3 aromatic carbocycles. The van der Waals surface area contributed by atoms with E-state index < -0.39 is 6.04 Å². The Morgan fingerprint density at radius 1 is 0.941 bits per heavy atom. The third-order valence-electron chi connectivity index (χ3n) is 5.66. The van der Waals surface area contributed by atoms with Crippen molar-refractivity contribution >= 4 is 23.6 Å². The highest BCUT2D eigenvalue weighted by atomic mass is 32.2. The van der Waals surface area contributed by atoms with Crippen LogP contribution >= 0.6 is 11.8 Å². The highest BCUT2D eigenvalue weighted by Crippen LogP contribution is 2.20. The van der Waals surface area contributed by atoms with Crippen molar-refractivity contribution in [2.75, 3.05) is 12.3 Å². The van der Waals surface area contributed by atoms with E-state index in [9.17, 15) is 14.0 Å². The van der Waals surface area contributed by atoms with E-state index in [1.165, 1.54) is 17.8 Å². The molecular weight excluding hydrogens is 447 g/mol. The number of hydrogen-bond donors (Lipinski definition) is 1. The van der Waals surface area contributed by atoms with Crippen LogP contribution in [0.25, 0.3) is 0 Å². The van der Waals surface area contributed by atoms with Crippen LogP contribution in [0.4, 0.5) is 4.39 Å². The fraction of sp³-hybridized carbons (Fsp3) is 0.286. The Labute approximate surface area is 205 Å². The molecule has 3 aromatic rings. The van der Waals surface area contributed by atoms with E-state index in [0.717, 1.165) is 16.7 Å². The van der Waals surface area contributed by atoms with Gasteiger partial charge in [0, 0.05) is 25.3 Å². The number of likely N-dealkylation sites (N-methyl/N-ethyl adjacent to an activating group) is 1. The molecular formula is C28H31FN2O2S. The Hall–Kier alpha value is -3.12. The summed E-state index contributed by atoms with van der Waals surface area (Å²) in [5.41, 5.74) is 3.61. The molecule has 4 nitrogen and oxygen atoms in total. The molecule has 1 N–H and O–H groups in total. The van der Waals surface area contributed by atoms with Gasteiger partial charge >= 0.3 is 0 Å². The molecule has 34 heavy (non-hydrogen) atoms. The molecule has 1 unspecified atom stereocenters. The Bertz CT molecular complexity index is 1090. The number of rotatable bonds is 11. The van der Waals surface area contributed by atoms with Crippen LogP contribution in [0, 0.1) is 12.7 Å². The van der Waals surface area contributed by atoms with Gasteiger partial charge < -0.3 is 10.2 Å². The minimum absolute atomic E-state index is 0.142. The average Bonchev–Trinajstić information content (AvgIpc) is 2.84. The molecule has 0 heterocycles. The van der Waals surface area contributed by atoms with Crippen molar-refractivity contribution in [3.63, 3.8) is 0 Å². The normalized spacial score (nSPS) is 11.6. The molecule has 0 aliphatic carbocycles. The Balaban J connectivity index is 1.84. The molecule has 0 aliphatic heterocycles. The molecule has 0 saturated heterocycles. The number of benzene rings is 3. The molecule has 0 fully saturated rings. The molecule has 6 heteroatoms. The topological polar surface area (TPSA) is 49.4 Å². The van der Waals surface area contributed by atoms with E-state index in [1.807, 2.05) is 68.4 Å². The van der Waals surface area contributed by atoms with Crippen LogP contribution in [0.3, 0.4) is 0 Å². The summed E-state index contributed by atoms with van der Waals surface area (Å²) in [4.78, 5) is 28.3. The summed E-state index contributed by atoms with van der Waals surface area (Å²) < 4.78 is 14.0. The molecule has 0 radical (unpaired) electrons. The van der Waals surface area contributed by atoms with Gasteiger partial charge in [0.2, 0.25) is 11.8 Å². The summed E-state index contributed by atoms with van der Waals surface area (Å²) >= 11 is 1.36. The van der Waals surface area contributed by atoms with E-state index in [-0.39, 0.29) is 23.4 Å². The lowest BCUT2D eigenvalue weighted by molar-refractivity contribution is -0.139. The number of carbonyl (C=O) groups excluding carboxylic acids is 2. The molecule has 1 atom stereocenters. The first-order chi connectivity index (χ1) is 16.5. The molecule has 3 rings (SSSR count). The lowest BCUT2D eigenvalue weighted by atomic mass is 10.0. The first-order valence-corrected chi connectivity index (χ1v) is 12.6. The van der Waals surface area contributed by atoms with Crippen molar-refractivity contribution in [3.8, 4) is 0 Å². The standard InChI is InChI=1S/C28H31FN2O2S/c1-3-30-28(33)26(17-22-12-5-4-6-13-22)31(18-23-14-8-7-11-21(23)2)27(32)20-34-19-24-15-9-10-16-25(24)29/h4-16,26H,3,17-20H2,1-2H3,(H,30,33). The molecule has 0 saturated carbocycles. The fourth-order valence-corrected chi connectivity index (χ4v) is 4.66. The SMILES string of the molecule is CCNC(=O)C(Cc1ccccc1)N(Cc1ccccc1C)C(=O)CSCc1ccccc1F. The third-order valence-corrected chi connectivity index (χ3v) is 6.63. The molecule has 2 amide bonds. The first kappa shape index (κ1) is 25.5. The summed E-state index contributed by atoms with van der Waals surface area (Å²) in [5.74, 6) is -0.0425. The van der Waals surface area contributed by atoms with Gasteiger partial charge in [0.25, 0.3) is 0 Å². The van der Waals surface area contributed by atoms with E-state index in [2.05, 4.69) is 5.32 Å². The average molecular weight is 479 g/mol. The summed E-state index contributed by atoms with van der Waals surface area (Å²) in [5, 5.41) is 2.90. The largest absolute Gasteiger partial charge is 0.355 e. The van der Waals surface area contributed by atoms with Crippen molar-refractivity contribution in [2.24, 2.45) is 0 Å². The van der Waals surface area contributed by atoms with Crippen LogP contribution in [0.1, 0.15) is 29.2 Å². The minimum atomic E-state index is -0.650. The lowest BCUT2D eigenvalue weighted by Crippen LogP contribution is -2.51. The number of nitrogens with zero attached hydrogens (tertiary/aromatic N) is 1. The first-order valence-electron chi connectivity index (χ1n) is 11.5. The lowest BCUT2D eigenvalue weighted by Gasteiger charge is -2.32. The van der Waals surface area contributed by atoms with Crippen LogP contribution in [-0.4, -0.2) is 35.1 Å². The van der Waals surface area contributed by atoms with Gasteiger partial charge in [-0.3, -0.25) is 9.59 Å². The van der Waals surface area contributed by atoms with E-state index in [1.54, 1.807) is 23.1 Å². The molecule has 178 valence electrons. The number of nitrogens with one attached hydrogen (secondary N) is 1. The third kappa shape index (κ3) is 7.19. The van der Waals surface area contributed by atoms with Gasteiger partial charge in [-0.25, -0.2) is 4.39 Å². The Morgan fingerprint density at radius 3 is 2.26 bits per heavy atom. The van der Waals surface area contributed by atoms with Gasteiger partial charge in [0.15, 0.2) is 0 Å². The van der Waals surface area contributed by atoms with E-state index in [0.29, 0.717) is 30.8 Å². The van der Waals surface area contributed by atoms with Gasteiger partial charge in [0.05, 0.1) is 5.75 Å². The fourth-order valence-electron chi connectivity index (χ4n) is 3.76. The number of aryl methyl sites for hydroxylation is 1. The van der Waals surface area contributed by atoms with Crippen molar-refractivity contribution in [1.82, 2.24) is 10.2 Å². The van der Waals surface area contributed by atoms with Crippen molar-refractivity contribution in [3.05, 3.63) is 107 Å². The number of carbonyl (C=O) groups is 2. The van der Waals surface area contributed by atoms with Crippen LogP contribution in [-0.2, 0) is 28.3 Å². The zero-order valence-electron chi connectivity index (χ0n) is 19.7. The van der Waals surface area contributed by atoms with Crippen LogP contribution in [0.5, 0.6) is 0 Å². The molecule has 0 bridgehead atoms. The Kier molecular flexibility index (Phi) is 9.71. The maximum atomic E-state index is 14.0. The van der Waals surface area contributed by atoms with Gasteiger partial charge in [-0.15, -0.1) is 11.8 Å². The van der Waals surface area contributed by atoms with Crippen LogP contribution in [0.2, 0.25) is 0 Å². The molecule has 0 spiro atoms. The smallest absolute Gasteiger partial charge is 0.243 e. The summed E-state index contributed by atoms with van der Waals surface area (Å²) in [6.45, 7) is 4.69. The van der Waals surface area contributed by atoms with Gasteiger partial charge in [-0.05, 0) is 42.2 Å². The zero-order valence-corrected chi connectivity index (χ0v) is 20.5. The van der Waals surface area contributed by atoms with Crippen LogP contribution < -0.4 is 5.32 Å². The van der Waals surface area contributed by atoms with Gasteiger partial charge in [-0.1, -0.05) is 72.8 Å².